The average Bonchev–Trinajstić information content (AvgIpc) is 2.97. The van der Waals surface area contributed by atoms with E-state index in [1.54, 1.807) is 0 Å². The van der Waals surface area contributed by atoms with Crippen molar-refractivity contribution in [2.24, 2.45) is 0 Å². The highest BCUT2D eigenvalue weighted by Gasteiger charge is 2.41. The zero-order valence-electron chi connectivity index (χ0n) is 8.22. The molecule has 0 aliphatic carbocycles. The van der Waals surface area contributed by atoms with E-state index in [4.69, 9.17) is 4.74 Å². The fourth-order valence-corrected chi connectivity index (χ4v) is 1.86. The number of hydrogen-bond acceptors (Lipinski definition) is 1. The number of benzene rings is 1. The van der Waals surface area contributed by atoms with Gasteiger partial charge in [0.05, 0.1) is 6.61 Å². The maximum atomic E-state index is 5.42. The molecule has 0 spiro atoms. The quantitative estimate of drug-likeness (QED) is 0.473. The van der Waals surface area contributed by atoms with Gasteiger partial charge in [0.2, 0.25) is 0 Å². The predicted molar refractivity (Wildman–Crippen MR) is 67.7 cm³/mol. The molecule has 1 aliphatic heterocycles. The molecule has 1 nitrogen and oxygen atoms in total. The molecule has 0 N–H and O–H groups in total. The SMILES string of the molecule is C=C(CI)c1cccc(C2(C)CO2)c1. The lowest BCUT2D eigenvalue weighted by Gasteiger charge is -2.08. The number of ether oxygens (including phenoxy) is 1. The van der Waals surface area contributed by atoms with Crippen molar-refractivity contribution in [3.63, 3.8) is 0 Å². The molecule has 1 unspecified atom stereocenters. The monoisotopic (exact) mass is 300 g/mol. The highest BCUT2D eigenvalue weighted by Crippen LogP contribution is 2.38. The van der Waals surface area contributed by atoms with Gasteiger partial charge >= 0.3 is 0 Å². The summed E-state index contributed by atoms with van der Waals surface area (Å²) in [5.41, 5.74) is 3.65. The van der Waals surface area contributed by atoms with Crippen LogP contribution in [0.2, 0.25) is 0 Å². The van der Waals surface area contributed by atoms with Gasteiger partial charge in [-0.05, 0) is 29.7 Å². The lowest BCUT2D eigenvalue weighted by atomic mass is 9.98. The molecule has 0 aromatic heterocycles. The molecule has 1 saturated heterocycles. The number of rotatable bonds is 3. The molecule has 1 fully saturated rings. The van der Waals surface area contributed by atoms with E-state index < -0.39 is 0 Å². The van der Waals surface area contributed by atoms with Crippen molar-refractivity contribution < 1.29 is 4.74 Å². The molecule has 1 aromatic carbocycles. The second-order valence-corrected chi connectivity index (χ2v) is 4.60. The summed E-state index contributed by atoms with van der Waals surface area (Å²) in [4.78, 5) is 0. The summed E-state index contributed by atoms with van der Waals surface area (Å²) in [7, 11) is 0. The van der Waals surface area contributed by atoms with Crippen LogP contribution in [0.3, 0.4) is 0 Å². The minimum atomic E-state index is -0.0262. The Morgan fingerprint density at radius 1 is 1.64 bits per heavy atom. The minimum absolute atomic E-state index is 0.0262. The third-order valence-corrected chi connectivity index (χ3v) is 3.54. The van der Waals surface area contributed by atoms with Crippen LogP contribution in [0.4, 0.5) is 0 Å². The summed E-state index contributed by atoms with van der Waals surface area (Å²) < 4.78 is 6.39. The topological polar surface area (TPSA) is 12.5 Å². The largest absolute Gasteiger partial charge is 0.365 e. The zero-order chi connectivity index (χ0) is 10.2. The lowest BCUT2D eigenvalue weighted by Crippen LogP contribution is -2.02. The smallest absolute Gasteiger partial charge is 0.114 e. The van der Waals surface area contributed by atoms with Crippen LogP contribution >= 0.6 is 22.6 Å². The van der Waals surface area contributed by atoms with Gasteiger partial charge in [-0.1, -0.05) is 47.4 Å². The standard InChI is InChI=1S/C12H13IO/c1-9(7-13)10-4-3-5-11(6-10)12(2)8-14-12/h3-6H,1,7-8H2,2H3. The molecule has 0 bridgehead atoms. The van der Waals surface area contributed by atoms with E-state index in [-0.39, 0.29) is 5.60 Å². The molecule has 0 radical (unpaired) electrons. The number of epoxide rings is 1. The Morgan fingerprint density at radius 2 is 2.36 bits per heavy atom. The molecule has 1 aromatic rings. The molecule has 1 atom stereocenters. The molecular formula is C12H13IO. The third-order valence-electron chi connectivity index (χ3n) is 2.62. The van der Waals surface area contributed by atoms with Gasteiger partial charge in [0.1, 0.15) is 5.60 Å². The minimum Gasteiger partial charge on any atom is -0.365 e. The average molecular weight is 300 g/mol. The Hall–Kier alpha value is -0.350. The second kappa shape index (κ2) is 3.66. The zero-order valence-corrected chi connectivity index (χ0v) is 10.4. The maximum absolute atomic E-state index is 5.42. The second-order valence-electron chi connectivity index (χ2n) is 3.84. The summed E-state index contributed by atoms with van der Waals surface area (Å²) in [5, 5.41) is 0. The Bertz CT molecular complexity index is 366. The van der Waals surface area contributed by atoms with Crippen molar-refractivity contribution in [3.05, 3.63) is 42.0 Å². The van der Waals surface area contributed by atoms with Crippen molar-refractivity contribution in [1.82, 2.24) is 0 Å². The highest BCUT2D eigenvalue weighted by molar-refractivity contribution is 14.1. The van der Waals surface area contributed by atoms with Gasteiger partial charge in [0.15, 0.2) is 0 Å². The van der Waals surface area contributed by atoms with Crippen LogP contribution in [0.15, 0.2) is 30.8 Å². The summed E-state index contributed by atoms with van der Waals surface area (Å²) in [6.45, 7) is 7.00. The van der Waals surface area contributed by atoms with Crippen LogP contribution in [-0.4, -0.2) is 11.0 Å². The predicted octanol–water partition coefficient (Wildman–Crippen LogP) is 3.38. The van der Waals surface area contributed by atoms with Crippen LogP contribution in [-0.2, 0) is 10.3 Å². The van der Waals surface area contributed by atoms with Crippen molar-refractivity contribution in [2.75, 3.05) is 11.0 Å². The first-order chi connectivity index (χ1) is 6.65. The van der Waals surface area contributed by atoms with Crippen LogP contribution in [0, 0.1) is 0 Å². The van der Waals surface area contributed by atoms with E-state index in [0.29, 0.717) is 0 Å². The van der Waals surface area contributed by atoms with E-state index in [1.165, 1.54) is 16.7 Å². The summed E-state index contributed by atoms with van der Waals surface area (Å²) >= 11 is 2.33. The fraction of sp³-hybridized carbons (Fsp3) is 0.333. The first-order valence-electron chi connectivity index (χ1n) is 4.64. The Labute approximate surface area is 98.3 Å². The van der Waals surface area contributed by atoms with E-state index in [0.717, 1.165) is 11.0 Å². The summed E-state index contributed by atoms with van der Waals surface area (Å²) in [6.07, 6.45) is 0. The molecule has 1 heterocycles. The maximum Gasteiger partial charge on any atom is 0.114 e. The first-order valence-corrected chi connectivity index (χ1v) is 6.17. The van der Waals surface area contributed by atoms with Gasteiger partial charge in [-0.2, -0.15) is 0 Å². The lowest BCUT2D eigenvalue weighted by molar-refractivity contribution is 0.329. The normalized spacial score (nSPS) is 24.7. The number of halogens is 1. The van der Waals surface area contributed by atoms with Gasteiger partial charge in [-0.15, -0.1) is 0 Å². The molecule has 2 rings (SSSR count). The van der Waals surface area contributed by atoms with Crippen molar-refractivity contribution in [3.8, 4) is 0 Å². The molecule has 2 heteroatoms. The van der Waals surface area contributed by atoms with E-state index in [2.05, 4.69) is 60.4 Å². The molecule has 0 saturated carbocycles. The molecule has 1 aliphatic rings. The van der Waals surface area contributed by atoms with Crippen LogP contribution in [0.25, 0.3) is 5.57 Å². The van der Waals surface area contributed by atoms with Crippen molar-refractivity contribution in [2.45, 2.75) is 12.5 Å². The van der Waals surface area contributed by atoms with E-state index >= 15 is 0 Å². The first kappa shape index (κ1) is 10.2. The van der Waals surface area contributed by atoms with Gasteiger partial charge in [-0.25, -0.2) is 0 Å². The third kappa shape index (κ3) is 1.86. The van der Waals surface area contributed by atoms with Crippen molar-refractivity contribution >= 4 is 28.2 Å². The van der Waals surface area contributed by atoms with Gasteiger partial charge < -0.3 is 4.74 Å². The van der Waals surface area contributed by atoms with Crippen LogP contribution < -0.4 is 0 Å². The van der Waals surface area contributed by atoms with Gasteiger partial charge in [-0.3, -0.25) is 0 Å². The van der Waals surface area contributed by atoms with Gasteiger partial charge in [0, 0.05) is 4.43 Å². The fourth-order valence-electron chi connectivity index (χ4n) is 1.42. The summed E-state index contributed by atoms with van der Waals surface area (Å²) in [6, 6.07) is 8.50. The Balaban J connectivity index is 2.32. The van der Waals surface area contributed by atoms with Crippen molar-refractivity contribution in [1.29, 1.82) is 0 Å². The van der Waals surface area contributed by atoms with Crippen LogP contribution in [0.1, 0.15) is 18.1 Å². The van der Waals surface area contributed by atoms with E-state index in [9.17, 15) is 0 Å². The molecular weight excluding hydrogens is 287 g/mol. The molecule has 14 heavy (non-hydrogen) atoms. The van der Waals surface area contributed by atoms with Gasteiger partial charge in [0.25, 0.3) is 0 Å². The summed E-state index contributed by atoms with van der Waals surface area (Å²) in [5.74, 6) is 0. The number of allylic oxidation sites excluding steroid dienone is 1. The highest BCUT2D eigenvalue weighted by atomic mass is 127. The molecule has 0 amide bonds. The molecule has 74 valence electrons. The number of alkyl halides is 1. The van der Waals surface area contributed by atoms with Crippen LogP contribution in [0.5, 0.6) is 0 Å². The number of hydrogen-bond donors (Lipinski definition) is 0. The van der Waals surface area contributed by atoms with E-state index in [1.807, 2.05) is 0 Å². The Kier molecular flexibility index (Phi) is 2.66. The Morgan fingerprint density at radius 3 is 2.93 bits per heavy atom.